The van der Waals surface area contributed by atoms with Crippen LogP contribution in [-0.2, 0) is 32.1 Å². The molecular formula is C31H33N3O5. The maximum atomic E-state index is 14.4. The third kappa shape index (κ3) is 4.19. The van der Waals surface area contributed by atoms with E-state index in [4.69, 9.17) is 4.74 Å². The lowest BCUT2D eigenvalue weighted by Gasteiger charge is -2.38. The number of rotatable bonds is 6. The highest BCUT2D eigenvalue weighted by atomic mass is 16.5. The number of hydrogen-bond acceptors (Lipinski definition) is 5. The van der Waals surface area contributed by atoms with Crippen molar-refractivity contribution >= 4 is 17.7 Å². The van der Waals surface area contributed by atoms with Gasteiger partial charge in [0.2, 0.25) is 17.7 Å². The first-order valence-corrected chi connectivity index (χ1v) is 13.5. The first-order valence-electron chi connectivity index (χ1n) is 13.5. The van der Waals surface area contributed by atoms with Crippen LogP contribution in [0.2, 0.25) is 0 Å². The molecule has 1 spiro atoms. The minimum Gasteiger partial charge on any atom is -0.394 e. The standard InChI is InChI=1S/C31H33N3O5/c1-32-16-8-14-24-25(28(32)36)26-29(37)34(23(20-35)18-21-10-4-2-5-11-21)27-30(38)33(17-9-15-31(26,27)39-24)19-22-12-6-3-7-13-22/h2-15,23-27,35H,16-20H2,1H3/t23-,24-,25+,26+,27?,31+/m1/s1. The predicted molar refractivity (Wildman–Crippen MR) is 144 cm³/mol. The molecule has 4 aliphatic rings. The van der Waals surface area contributed by atoms with Gasteiger partial charge in [-0.2, -0.15) is 0 Å². The fourth-order valence-electron chi connectivity index (χ4n) is 6.73. The van der Waals surface area contributed by atoms with Crippen LogP contribution in [0.1, 0.15) is 11.1 Å². The van der Waals surface area contributed by atoms with Gasteiger partial charge in [0, 0.05) is 26.7 Å². The lowest BCUT2D eigenvalue weighted by atomic mass is 9.77. The Labute approximate surface area is 228 Å². The van der Waals surface area contributed by atoms with E-state index in [2.05, 4.69) is 0 Å². The first kappa shape index (κ1) is 25.5. The summed E-state index contributed by atoms with van der Waals surface area (Å²) in [6.45, 7) is 0.840. The summed E-state index contributed by atoms with van der Waals surface area (Å²) in [6.07, 6.45) is 7.23. The van der Waals surface area contributed by atoms with E-state index in [0.717, 1.165) is 11.1 Å². The van der Waals surface area contributed by atoms with Crippen molar-refractivity contribution in [3.05, 3.63) is 96.1 Å². The van der Waals surface area contributed by atoms with E-state index in [0.29, 0.717) is 26.1 Å². The number of aliphatic hydroxyl groups excluding tert-OH is 1. The van der Waals surface area contributed by atoms with Crippen LogP contribution >= 0.6 is 0 Å². The van der Waals surface area contributed by atoms with Gasteiger partial charge in [-0.25, -0.2) is 0 Å². The van der Waals surface area contributed by atoms with E-state index in [-0.39, 0.29) is 24.3 Å². The molecular weight excluding hydrogens is 494 g/mol. The van der Waals surface area contributed by atoms with Crippen LogP contribution in [-0.4, -0.2) is 88.1 Å². The summed E-state index contributed by atoms with van der Waals surface area (Å²) in [5, 5.41) is 10.6. The van der Waals surface area contributed by atoms with Crippen molar-refractivity contribution in [2.45, 2.75) is 36.8 Å². The second-order valence-corrected chi connectivity index (χ2v) is 10.9. The normalized spacial score (nSPS) is 30.6. The molecule has 0 aromatic heterocycles. The number of aliphatic hydroxyl groups is 1. The van der Waals surface area contributed by atoms with Gasteiger partial charge in [0.15, 0.2) is 0 Å². The number of ether oxygens (including phenoxy) is 1. The maximum absolute atomic E-state index is 14.4. The average Bonchev–Trinajstić information content (AvgIpc) is 3.29. The Morgan fingerprint density at radius 2 is 1.62 bits per heavy atom. The summed E-state index contributed by atoms with van der Waals surface area (Å²) < 4.78 is 6.66. The molecule has 1 unspecified atom stereocenters. The summed E-state index contributed by atoms with van der Waals surface area (Å²) in [5.41, 5.74) is 0.611. The van der Waals surface area contributed by atoms with E-state index in [1.165, 1.54) is 4.90 Å². The molecule has 2 fully saturated rings. The molecule has 1 N–H and O–H groups in total. The molecule has 202 valence electrons. The Morgan fingerprint density at radius 1 is 0.923 bits per heavy atom. The number of nitrogens with zero attached hydrogens (tertiary/aromatic N) is 3. The van der Waals surface area contributed by atoms with Crippen molar-refractivity contribution in [3.63, 3.8) is 0 Å². The predicted octanol–water partition coefficient (Wildman–Crippen LogP) is 1.80. The maximum Gasteiger partial charge on any atom is 0.249 e. The molecule has 0 bridgehead atoms. The van der Waals surface area contributed by atoms with Crippen molar-refractivity contribution in [1.29, 1.82) is 0 Å². The molecule has 39 heavy (non-hydrogen) atoms. The molecule has 0 radical (unpaired) electrons. The average molecular weight is 528 g/mol. The van der Waals surface area contributed by atoms with Crippen LogP contribution in [0.25, 0.3) is 0 Å². The zero-order valence-electron chi connectivity index (χ0n) is 21.9. The highest BCUT2D eigenvalue weighted by Crippen LogP contribution is 2.54. The Kier molecular flexibility index (Phi) is 6.61. The van der Waals surface area contributed by atoms with Crippen molar-refractivity contribution < 1.29 is 24.2 Å². The van der Waals surface area contributed by atoms with Gasteiger partial charge >= 0.3 is 0 Å². The number of fused-ring (bicyclic) bond motifs is 2. The topological polar surface area (TPSA) is 90.4 Å². The minimum atomic E-state index is -1.31. The van der Waals surface area contributed by atoms with E-state index in [9.17, 15) is 19.5 Å². The highest BCUT2D eigenvalue weighted by Gasteiger charge is 2.72. The molecule has 8 nitrogen and oxygen atoms in total. The van der Waals surface area contributed by atoms with Crippen LogP contribution in [0.3, 0.4) is 0 Å². The van der Waals surface area contributed by atoms with Crippen molar-refractivity contribution in [2.24, 2.45) is 11.8 Å². The fraction of sp³-hybridized carbons (Fsp3) is 0.387. The molecule has 0 saturated carbocycles. The number of amides is 3. The van der Waals surface area contributed by atoms with Gasteiger partial charge in [0.05, 0.1) is 30.6 Å². The van der Waals surface area contributed by atoms with Gasteiger partial charge in [0.25, 0.3) is 0 Å². The number of hydrogen-bond donors (Lipinski definition) is 1. The van der Waals surface area contributed by atoms with E-state index in [1.807, 2.05) is 85.0 Å². The van der Waals surface area contributed by atoms with E-state index in [1.54, 1.807) is 16.8 Å². The lowest BCUT2D eigenvalue weighted by molar-refractivity contribution is -0.151. The zero-order valence-corrected chi connectivity index (χ0v) is 21.9. The van der Waals surface area contributed by atoms with Crippen molar-refractivity contribution in [3.8, 4) is 0 Å². The Balaban J connectivity index is 1.44. The van der Waals surface area contributed by atoms with Crippen LogP contribution in [0, 0.1) is 11.8 Å². The van der Waals surface area contributed by atoms with Crippen molar-refractivity contribution in [2.75, 3.05) is 26.7 Å². The van der Waals surface area contributed by atoms with Crippen molar-refractivity contribution in [1.82, 2.24) is 14.7 Å². The summed E-state index contributed by atoms with van der Waals surface area (Å²) in [4.78, 5) is 47.3. The summed E-state index contributed by atoms with van der Waals surface area (Å²) in [6, 6.07) is 17.7. The first-order chi connectivity index (χ1) is 18.9. The van der Waals surface area contributed by atoms with Crippen LogP contribution in [0.4, 0.5) is 0 Å². The molecule has 2 aromatic carbocycles. The molecule has 6 rings (SSSR count). The number of carbonyl (C=O) groups excluding carboxylic acids is 3. The smallest absolute Gasteiger partial charge is 0.249 e. The SMILES string of the molecule is CN1CC=C[C@H]2O[C@]34C=CCN(Cc5ccccc5)C(=O)C3N([C@@H](CO)Cc3ccccc3)C(=O)[C@@H]4[C@H]2C1=O. The third-order valence-corrected chi connectivity index (χ3v) is 8.52. The fourth-order valence-corrected chi connectivity index (χ4v) is 6.73. The molecule has 6 atom stereocenters. The number of benzene rings is 2. The van der Waals surface area contributed by atoms with Gasteiger partial charge in [-0.05, 0) is 17.5 Å². The number of likely N-dealkylation sites (tertiary alicyclic amines) is 1. The lowest BCUT2D eigenvalue weighted by Crippen LogP contribution is -2.58. The Hall–Kier alpha value is -3.75. The Bertz CT molecular complexity index is 1310. The van der Waals surface area contributed by atoms with Gasteiger partial charge in [-0.1, -0.05) is 85.0 Å². The second-order valence-electron chi connectivity index (χ2n) is 10.9. The summed E-state index contributed by atoms with van der Waals surface area (Å²) >= 11 is 0. The molecule has 0 aliphatic carbocycles. The van der Waals surface area contributed by atoms with E-state index >= 15 is 0 Å². The van der Waals surface area contributed by atoms with Gasteiger partial charge in [-0.15, -0.1) is 0 Å². The third-order valence-electron chi connectivity index (χ3n) is 8.52. The molecule has 2 aromatic rings. The number of likely N-dealkylation sites (N-methyl/N-ethyl adjacent to an activating group) is 1. The molecule has 8 heteroatoms. The van der Waals surface area contributed by atoms with Crippen LogP contribution < -0.4 is 0 Å². The van der Waals surface area contributed by atoms with Crippen LogP contribution in [0.15, 0.2) is 85.0 Å². The van der Waals surface area contributed by atoms with Crippen LogP contribution in [0.5, 0.6) is 0 Å². The Morgan fingerprint density at radius 3 is 2.31 bits per heavy atom. The van der Waals surface area contributed by atoms with Gasteiger partial charge < -0.3 is 24.5 Å². The summed E-state index contributed by atoms with van der Waals surface area (Å²) in [7, 11) is 1.72. The van der Waals surface area contributed by atoms with E-state index < -0.39 is 35.6 Å². The molecule has 3 amide bonds. The van der Waals surface area contributed by atoms with Gasteiger partial charge in [-0.3, -0.25) is 14.4 Å². The zero-order chi connectivity index (χ0) is 27.1. The molecule has 4 aliphatic heterocycles. The molecule has 2 saturated heterocycles. The second kappa shape index (κ2) is 10.1. The minimum absolute atomic E-state index is 0.171. The molecule has 4 heterocycles. The monoisotopic (exact) mass is 527 g/mol. The van der Waals surface area contributed by atoms with Gasteiger partial charge in [0.1, 0.15) is 11.6 Å². The highest BCUT2D eigenvalue weighted by molar-refractivity contribution is 6.00. The quantitative estimate of drug-likeness (QED) is 0.579. The largest absolute Gasteiger partial charge is 0.394 e. The summed E-state index contributed by atoms with van der Waals surface area (Å²) in [5.74, 6) is -2.35. The number of carbonyl (C=O) groups is 3.